The summed E-state index contributed by atoms with van der Waals surface area (Å²) in [5.74, 6) is 0.477. The van der Waals surface area contributed by atoms with Gasteiger partial charge in [0, 0.05) is 18.1 Å². The standard InChI is InChI=1S/C14H18ClNO3/c1-10(19-13-6-2-4-11(15)8-13)14(18)16-7-3-5-12(17)9-16/h2,4,6,8,10,12,17H,3,5,7,9H2,1H3/t10-,12-/m1/s1. The van der Waals surface area contributed by atoms with Gasteiger partial charge in [0.1, 0.15) is 5.75 Å². The Kier molecular flexibility index (Phi) is 4.66. The largest absolute Gasteiger partial charge is 0.481 e. The molecule has 2 rings (SSSR count). The second-order valence-electron chi connectivity index (χ2n) is 4.80. The minimum Gasteiger partial charge on any atom is -0.481 e. The number of benzene rings is 1. The van der Waals surface area contributed by atoms with Crippen LogP contribution in [0.5, 0.6) is 5.75 Å². The van der Waals surface area contributed by atoms with Crippen LogP contribution in [0.2, 0.25) is 5.02 Å². The molecular formula is C14H18ClNO3. The summed E-state index contributed by atoms with van der Waals surface area (Å²) in [5, 5.41) is 10.2. The summed E-state index contributed by atoms with van der Waals surface area (Å²) in [6, 6.07) is 6.97. The minimum atomic E-state index is -0.580. The van der Waals surface area contributed by atoms with Crippen molar-refractivity contribution in [1.29, 1.82) is 0 Å². The van der Waals surface area contributed by atoms with Crippen molar-refractivity contribution in [3.63, 3.8) is 0 Å². The van der Waals surface area contributed by atoms with Crippen molar-refractivity contribution in [1.82, 2.24) is 4.90 Å². The van der Waals surface area contributed by atoms with E-state index in [-0.39, 0.29) is 5.91 Å². The van der Waals surface area contributed by atoms with Crippen molar-refractivity contribution in [3.8, 4) is 5.75 Å². The number of carbonyl (C=O) groups excluding carboxylic acids is 1. The summed E-state index contributed by atoms with van der Waals surface area (Å²) < 4.78 is 5.59. The summed E-state index contributed by atoms with van der Waals surface area (Å²) >= 11 is 5.87. The van der Waals surface area contributed by atoms with Crippen LogP contribution in [0, 0.1) is 0 Å². The van der Waals surface area contributed by atoms with Crippen LogP contribution >= 0.6 is 11.6 Å². The smallest absolute Gasteiger partial charge is 0.263 e. The van der Waals surface area contributed by atoms with Crippen molar-refractivity contribution in [2.45, 2.75) is 32.0 Å². The van der Waals surface area contributed by atoms with Crippen LogP contribution in [0.1, 0.15) is 19.8 Å². The highest BCUT2D eigenvalue weighted by Crippen LogP contribution is 2.19. The third kappa shape index (κ3) is 3.85. The predicted octanol–water partition coefficient (Wildman–Crippen LogP) is 2.09. The van der Waals surface area contributed by atoms with Gasteiger partial charge in [-0.1, -0.05) is 17.7 Å². The Morgan fingerprint density at radius 3 is 3.05 bits per heavy atom. The topological polar surface area (TPSA) is 49.8 Å². The molecule has 4 nitrogen and oxygen atoms in total. The molecule has 1 saturated heterocycles. The van der Waals surface area contributed by atoms with Gasteiger partial charge in [0.25, 0.3) is 5.91 Å². The van der Waals surface area contributed by atoms with E-state index in [9.17, 15) is 9.90 Å². The lowest BCUT2D eigenvalue weighted by Gasteiger charge is -2.32. The van der Waals surface area contributed by atoms with Crippen LogP contribution in [-0.2, 0) is 4.79 Å². The number of rotatable bonds is 3. The highest BCUT2D eigenvalue weighted by molar-refractivity contribution is 6.30. The monoisotopic (exact) mass is 283 g/mol. The first-order valence-electron chi connectivity index (χ1n) is 6.45. The third-order valence-electron chi connectivity index (χ3n) is 3.16. The molecule has 1 aliphatic rings. The van der Waals surface area contributed by atoms with E-state index in [1.54, 1.807) is 36.1 Å². The van der Waals surface area contributed by atoms with Gasteiger partial charge < -0.3 is 14.7 Å². The number of aliphatic hydroxyl groups excluding tert-OH is 1. The highest BCUT2D eigenvalue weighted by atomic mass is 35.5. The summed E-state index contributed by atoms with van der Waals surface area (Å²) in [6.45, 7) is 2.78. The van der Waals surface area contributed by atoms with Crippen LogP contribution in [0.15, 0.2) is 24.3 Å². The molecule has 0 saturated carbocycles. The molecule has 0 aliphatic carbocycles. The number of hydrogen-bond donors (Lipinski definition) is 1. The quantitative estimate of drug-likeness (QED) is 0.924. The van der Waals surface area contributed by atoms with Crippen molar-refractivity contribution in [2.75, 3.05) is 13.1 Å². The zero-order valence-corrected chi connectivity index (χ0v) is 11.6. The molecule has 1 aromatic rings. The Bertz CT molecular complexity index is 452. The van der Waals surface area contributed by atoms with Crippen molar-refractivity contribution < 1.29 is 14.6 Å². The number of piperidine rings is 1. The lowest BCUT2D eigenvalue weighted by molar-refractivity contribution is -0.141. The molecule has 1 heterocycles. The van der Waals surface area contributed by atoms with E-state index < -0.39 is 12.2 Å². The summed E-state index contributed by atoms with van der Waals surface area (Å²) in [4.78, 5) is 13.8. The van der Waals surface area contributed by atoms with Crippen LogP contribution < -0.4 is 4.74 Å². The number of nitrogens with zero attached hydrogens (tertiary/aromatic N) is 1. The maximum Gasteiger partial charge on any atom is 0.263 e. The first kappa shape index (κ1) is 14.2. The fourth-order valence-electron chi connectivity index (χ4n) is 2.21. The molecule has 1 N–H and O–H groups in total. The lowest BCUT2D eigenvalue weighted by Crippen LogP contribution is -2.47. The zero-order chi connectivity index (χ0) is 13.8. The molecule has 0 unspecified atom stereocenters. The van der Waals surface area contributed by atoms with E-state index in [4.69, 9.17) is 16.3 Å². The maximum absolute atomic E-state index is 12.2. The number of aliphatic hydroxyl groups is 1. The molecule has 0 bridgehead atoms. The van der Waals surface area contributed by atoms with Crippen LogP contribution in [0.4, 0.5) is 0 Å². The van der Waals surface area contributed by atoms with E-state index in [0.29, 0.717) is 23.9 Å². The van der Waals surface area contributed by atoms with Gasteiger partial charge in [-0.15, -0.1) is 0 Å². The van der Waals surface area contributed by atoms with E-state index in [2.05, 4.69) is 0 Å². The van der Waals surface area contributed by atoms with Gasteiger partial charge in [0.2, 0.25) is 0 Å². The first-order valence-corrected chi connectivity index (χ1v) is 6.83. The van der Waals surface area contributed by atoms with Crippen LogP contribution in [0.25, 0.3) is 0 Å². The van der Waals surface area contributed by atoms with Crippen LogP contribution in [0.3, 0.4) is 0 Å². The SMILES string of the molecule is C[C@@H](Oc1cccc(Cl)c1)C(=O)N1CCC[C@@H](O)C1. The number of halogens is 1. The van der Waals surface area contributed by atoms with E-state index in [1.165, 1.54) is 0 Å². The number of carbonyl (C=O) groups is 1. The predicted molar refractivity (Wildman–Crippen MR) is 73.4 cm³/mol. The second-order valence-corrected chi connectivity index (χ2v) is 5.23. The molecule has 0 spiro atoms. The first-order chi connectivity index (χ1) is 9.06. The summed E-state index contributed by atoms with van der Waals surface area (Å²) in [6.07, 6.45) is 0.587. The van der Waals surface area contributed by atoms with Crippen LogP contribution in [-0.4, -0.2) is 41.2 Å². The summed E-state index contributed by atoms with van der Waals surface area (Å²) in [5.41, 5.74) is 0. The number of β-amino-alcohol motifs (C(OH)–C–C–N with tert-alkyl or cyclic N) is 1. The molecule has 104 valence electrons. The van der Waals surface area contributed by atoms with Crippen molar-refractivity contribution >= 4 is 17.5 Å². The maximum atomic E-state index is 12.2. The van der Waals surface area contributed by atoms with Gasteiger partial charge in [-0.25, -0.2) is 0 Å². The molecule has 5 heteroatoms. The van der Waals surface area contributed by atoms with Crippen molar-refractivity contribution in [3.05, 3.63) is 29.3 Å². The average Bonchev–Trinajstić information content (AvgIpc) is 2.38. The third-order valence-corrected chi connectivity index (χ3v) is 3.40. The number of amides is 1. The molecule has 1 fully saturated rings. The zero-order valence-electron chi connectivity index (χ0n) is 10.9. The molecule has 1 aliphatic heterocycles. The molecule has 0 radical (unpaired) electrons. The van der Waals surface area contributed by atoms with Gasteiger partial charge >= 0.3 is 0 Å². The van der Waals surface area contributed by atoms with Gasteiger partial charge in [0.05, 0.1) is 6.10 Å². The lowest BCUT2D eigenvalue weighted by atomic mass is 10.1. The fraction of sp³-hybridized carbons (Fsp3) is 0.500. The fourth-order valence-corrected chi connectivity index (χ4v) is 2.39. The normalized spacial score (nSPS) is 21.0. The molecule has 19 heavy (non-hydrogen) atoms. The van der Waals surface area contributed by atoms with Crippen molar-refractivity contribution in [2.24, 2.45) is 0 Å². The summed E-state index contributed by atoms with van der Waals surface area (Å²) in [7, 11) is 0. The Morgan fingerprint density at radius 1 is 1.58 bits per heavy atom. The molecule has 1 amide bonds. The molecule has 2 atom stereocenters. The molecule has 0 aromatic heterocycles. The van der Waals surface area contributed by atoms with Gasteiger partial charge in [-0.05, 0) is 38.0 Å². The Morgan fingerprint density at radius 2 is 2.37 bits per heavy atom. The van der Waals surface area contributed by atoms with E-state index >= 15 is 0 Å². The Hall–Kier alpha value is -1.26. The molecular weight excluding hydrogens is 266 g/mol. The van der Waals surface area contributed by atoms with E-state index in [1.807, 2.05) is 0 Å². The van der Waals surface area contributed by atoms with Gasteiger partial charge in [-0.3, -0.25) is 4.79 Å². The molecule has 1 aromatic carbocycles. The number of likely N-dealkylation sites (tertiary alicyclic amines) is 1. The minimum absolute atomic E-state index is 0.0984. The van der Waals surface area contributed by atoms with E-state index in [0.717, 1.165) is 12.8 Å². The number of ether oxygens (including phenoxy) is 1. The second kappa shape index (κ2) is 6.26. The Labute approximate surface area is 117 Å². The average molecular weight is 284 g/mol. The Balaban J connectivity index is 1.95. The van der Waals surface area contributed by atoms with Gasteiger partial charge in [0.15, 0.2) is 6.10 Å². The highest BCUT2D eigenvalue weighted by Gasteiger charge is 2.26. The number of hydrogen-bond acceptors (Lipinski definition) is 3. The van der Waals surface area contributed by atoms with Gasteiger partial charge in [-0.2, -0.15) is 0 Å².